The lowest BCUT2D eigenvalue weighted by atomic mass is 10.1. The van der Waals surface area contributed by atoms with Crippen molar-refractivity contribution < 1.29 is 9.47 Å². The summed E-state index contributed by atoms with van der Waals surface area (Å²) in [7, 11) is 1.66. The van der Waals surface area contributed by atoms with Crippen molar-refractivity contribution in [2.24, 2.45) is 0 Å². The first kappa shape index (κ1) is 13.6. The smallest absolute Gasteiger partial charge is 0.120 e. The Balaban J connectivity index is 1.95. The average molecular weight is 283 g/mol. The number of pyridine rings is 1. The molecule has 0 amide bonds. The zero-order valence-electron chi connectivity index (χ0n) is 12.1. The van der Waals surface area contributed by atoms with E-state index >= 15 is 0 Å². The maximum Gasteiger partial charge on any atom is 0.120 e. The zero-order chi connectivity index (χ0) is 14.7. The lowest BCUT2D eigenvalue weighted by Gasteiger charge is -2.09. The second-order valence-corrected chi connectivity index (χ2v) is 4.83. The number of H-pyrrole nitrogens is 1. The van der Waals surface area contributed by atoms with Crippen LogP contribution in [0.5, 0.6) is 5.75 Å². The number of rotatable bonds is 5. The lowest BCUT2D eigenvalue weighted by molar-refractivity contribution is 0.146. The van der Waals surface area contributed by atoms with E-state index in [1.165, 1.54) is 0 Å². The molecule has 0 radical (unpaired) electrons. The number of hydrogen-bond acceptors (Lipinski definition) is 4. The lowest BCUT2D eigenvalue weighted by Crippen LogP contribution is -2.04. The van der Waals surface area contributed by atoms with E-state index in [2.05, 4.69) is 28.2 Å². The molecule has 0 saturated heterocycles. The summed E-state index contributed by atoms with van der Waals surface area (Å²) in [5.74, 6) is 0.834. The minimum absolute atomic E-state index is 0.543. The fraction of sp³-hybridized carbons (Fsp3) is 0.250. The Labute approximate surface area is 122 Å². The molecule has 0 aliphatic carbocycles. The van der Waals surface area contributed by atoms with Gasteiger partial charge in [-0.2, -0.15) is 5.10 Å². The predicted molar refractivity (Wildman–Crippen MR) is 81.4 cm³/mol. The molecule has 0 saturated carbocycles. The number of methoxy groups -OCH3 is 1. The topological polar surface area (TPSA) is 60.0 Å². The Hall–Kier alpha value is -2.40. The third kappa shape index (κ3) is 2.87. The fourth-order valence-electron chi connectivity index (χ4n) is 2.24. The van der Waals surface area contributed by atoms with Crippen LogP contribution in [0.4, 0.5) is 0 Å². The Morgan fingerprint density at radius 2 is 2.10 bits per heavy atom. The van der Waals surface area contributed by atoms with Crippen molar-refractivity contribution in [3.8, 4) is 17.0 Å². The molecule has 3 aromatic rings. The highest BCUT2D eigenvalue weighted by Crippen LogP contribution is 2.26. The predicted octanol–water partition coefficient (Wildman–Crippen LogP) is 2.96. The average Bonchev–Trinajstić information content (AvgIpc) is 3.02. The van der Waals surface area contributed by atoms with E-state index in [0.717, 1.165) is 33.5 Å². The number of ether oxygens (including phenoxy) is 2. The van der Waals surface area contributed by atoms with Gasteiger partial charge in [-0.1, -0.05) is 0 Å². The van der Waals surface area contributed by atoms with Crippen molar-refractivity contribution in [3.05, 3.63) is 42.2 Å². The van der Waals surface area contributed by atoms with E-state index in [-0.39, 0.29) is 0 Å². The molecule has 108 valence electrons. The molecule has 0 bridgehead atoms. The summed E-state index contributed by atoms with van der Waals surface area (Å²) >= 11 is 0. The van der Waals surface area contributed by atoms with Crippen molar-refractivity contribution in [1.82, 2.24) is 15.2 Å². The minimum Gasteiger partial charge on any atom is -0.491 e. The van der Waals surface area contributed by atoms with E-state index < -0.39 is 0 Å². The zero-order valence-corrected chi connectivity index (χ0v) is 12.1. The highest BCUT2D eigenvalue weighted by molar-refractivity contribution is 5.86. The SMILES string of the molecule is COCCOc1ccc2nc(-c3cn[nH]c3)cc(C)c2c1. The van der Waals surface area contributed by atoms with Crippen LogP contribution in [-0.2, 0) is 4.74 Å². The summed E-state index contributed by atoms with van der Waals surface area (Å²) in [5.41, 5.74) is 4.01. The van der Waals surface area contributed by atoms with E-state index in [0.29, 0.717) is 13.2 Å². The summed E-state index contributed by atoms with van der Waals surface area (Å²) in [4.78, 5) is 4.68. The second kappa shape index (κ2) is 5.93. The van der Waals surface area contributed by atoms with Crippen LogP contribution in [-0.4, -0.2) is 35.5 Å². The molecule has 0 unspecified atom stereocenters. The van der Waals surface area contributed by atoms with Crippen molar-refractivity contribution in [2.75, 3.05) is 20.3 Å². The van der Waals surface area contributed by atoms with E-state index in [1.54, 1.807) is 13.3 Å². The number of aromatic amines is 1. The van der Waals surface area contributed by atoms with Gasteiger partial charge in [-0.25, -0.2) is 4.98 Å². The molecular weight excluding hydrogens is 266 g/mol. The van der Waals surface area contributed by atoms with Gasteiger partial charge in [-0.15, -0.1) is 0 Å². The largest absolute Gasteiger partial charge is 0.491 e. The number of fused-ring (bicyclic) bond motifs is 1. The molecule has 5 heteroatoms. The Morgan fingerprint density at radius 1 is 1.19 bits per heavy atom. The Bertz CT molecular complexity index is 739. The summed E-state index contributed by atoms with van der Waals surface area (Å²) in [6.45, 7) is 3.20. The number of nitrogens with one attached hydrogen (secondary N) is 1. The molecule has 3 rings (SSSR count). The van der Waals surface area contributed by atoms with Crippen molar-refractivity contribution in [1.29, 1.82) is 0 Å². The molecule has 0 atom stereocenters. The minimum atomic E-state index is 0.543. The molecule has 2 aromatic heterocycles. The molecule has 5 nitrogen and oxygen atoms in total. The molecular formula is C16H17N3O2. The fourth-order valence-corrected chi connectivity index (χ4v) is 2.24. The maximum atomic E-state index is 5.64. The van der Waals surface area contributed by atoms with Gasteiger partial charge in [0, 0.05) is 24.3 Å². The third-order valence-electron chi connectivity index (χ3n) is 3.34. The van der Waals surface area contributed by atoms with Crippen LogP contribution in [0.2, 0.25) is 0 Å². The van der Waals surface area contributed by atoms with E-state index in [9.17, 15) is 0 Å². The van der Waals surface area contributed by atoms with Gasteiger partial charge >= 0.3 is 0 Å². The number of benzene rings is 1. The molecule has 2 heterocycles. The van der Waals surface area contributed by atoms with E-state index in [4.69, 9.17) is 9.47 Å². The Kier molecular flexibility index (Phi) is 3.83. The number of aromatic nitrogens is 3. The summed E-state index contributed by atoms with van der Waals surface area (Å²) in [5, 5.41) is 7.87. The van der Waals surface area contributed by atoms with E-state index in [1.807, 2.05) is 24.4 Å². The second-order valence-electron chi connectivity index (χ2n) is 4.83. The van der Waals surface area contributed by atoms with Gasteiger partial charge in [0.25, 0.3) is 0 Å². The van der Waals surface area contributed by atoms with Gasteiger partial charge in [-0.3, -0.25) is 5.10 Å². The summed E-state index contributed by atoms with van der Waals surface area (Å²) in [6.07, 6.45) is 3.62. The Morgan fingerprint density at radius 3 is 2.86 bits per heavy atom. The summed E-state index contributed by atoms with van der Waals surface area (Å²) in [6, 6.07) is 8.00. The van der Waals surface area contributed by atoms with Crippen molar-refractivity contribution >= 4 is 10.9 Å². The first-order valence-electron chi connectivity index (χ1n) is 6.80. The highest BCUT2D eigenvalue weighted by atomic mass is 16.5. The monoisotopic (exact) mass is 283 g/mol. The van der Waals surface area contributed by atoms with Crippen LogP contribution in [0.1, 0.15) is 5.56 Å². The van der Waals surface area contributed by atoms with Gasteiger partial charge in [0.05, 0.1) is 24.0 Å². The van der Waals surface area contributed by atoms with Gasteiger partial charge in [0.2, 0.25) is 0 Å². The molecule has 0 aliphatic rings. The van der Waals surface area contributed by atoms with Crippen LogP contribution in [0, 0.1) is 6.92 Å². The van der Waals surface area contributed by atoms with Crippen LogP contribution in [0.25, 0.3) is 22.2 Å². The van der Waals surface area contributed by atoms with Crippen molar-refractivity contribution in [2.45, 2.75) is 6.92 Å². The van der Waals surface area contributed by atoms with Gasteiger partial charge < -0.3 is 9.47 Å². The maximum absolute atomic E-state index is 5.64. The molecule has 1 N–H and O–H groups in total. The molecule has 0 aliphatic heterocycles. The number of nitrogens with zero attached hydrogens (tertiary/aromatic N) is 2. The quantitative estimate of drug-likeness (QED) is 0.731. The third-order valence-corrected chi connectivity index (χ3v) is 3.34. The van der Waals surface area contributed by atoms with Crippen molar-refractivity contribution in [3.63, 3.8) is 0 Å². The first-order valence-corrected chi connectivity index (χ1v) is 6.80. The molecule has 0 fully saturated rings. The normalized spacial score (nSPS) is 11.0. The van der Waals surface area contributed by atoms with Crippen LogP contribution in [0.3, 0.4) is 0 Å². The standard InChI is InChI=1S/C16H17N3O2/c1-11-7-16(12-9-17-18-10-12)19-15-4-3-13(8-14(11)15)21-6-5-20-2/h3-4,7-10H,5-6H2,1-2H3,(H,17,18). The van der Waals surface area contributed by atoms with Gasteiger partial charge in [0.1, 0.15) is 12.4 Å². The summed E-state index contributed by atoms with van der Waals surface area (Å²) < 4.78 is 10.6. The molecule has 1 aromatic carbocycles. The molecule has 21 heavy (non-hydrogen) atoms. The van der Waals surface area contributed by atoms with Crippen LogP contribution >= 0.6 is 0 Å². The number of hydrogen-bond donors (Lipinski definition) is 1. The first-order chi connectivity index (χ1) is 10.3. The highest BCUT2D eigenvalue weighted by Gasteiger charge is 2.07. The van der Waals surface area contributed by atoms with Gasteiger partial charge in [-0.05, 0) is 36.8 Å². The van der Waals surface area contributed by atoms with Crippen LogP contribution < -0.4 is 4.74 Å². The molecule has 0 spiro atoms. The van der Waals surface area contributed by atoms with Crippen LogP contribution in [0.15, 0.2) is 36.7 Å². The number of aryl methyl sites for hydroxylation is 1. The van der Waals surface area contributed by atoms with Gasteiger partial charge in [0.15, 0.2) is 0 Å².